The summed E-state index contributed by atoms with van der Waals surface area (Å²) < 4.78 is 2.03. The molecule has 0 bridgehead atoms. The number of rotatable bonds is 2. The minimum Gasteiger partial charge on any atom is -0.273 e. The van der Waals surface area contributed by atoms with E-state index in [4.69, 9.17) is 15.0 Å². The number of imidazole rings is 1. The second-order valence-corrected chi connectivity index (χ2v) is 6.71. The van der Waals surface area contributed by atoms with Crippen molar-refractivity contribution in [1.82, 2.24) is 29.3 Å². The summed E-state index contributed by atoms with van der Waals surface area (Å²) in [7, 11) is 0. The third-order valence-electron chi connectivity index (χ3n) is 4.95. The molecule has 0 spiro atoms. The Morgan fingerprint density at radius 1 is 0.586 bits per heavy atom. The van der Waals surface area contributed by atoms with Crippen molar-refractivity contribution in [2.75, 3.05) is 0 Å². The molecule has 0 radical (unpaired) electrons. The van der Waals surface area contributed by atoms with Crippen LogP contribution >= 0.6 is 0 Å². The fourth-order valence-electron chi connectivity index (χ4n) is 3.63. The zero-order valence-corrected chi connectivity index (χ0v) is 15.3. The zero-order valence-electron chi connectivity index (χ0n) is 15.3. The highest BCUT2D eigenvalue weighted by atomic mass is 15.1. The van der Waals surface area contributed by atoms with Gasteiger partial charge in [-0.1, -0.05) is 54.6 Å². The third kappa shape index (κ3) is 2.46. The van der Waals surface area contributed by atoms with Crippen LogP contribution in [-0.4, -0.2) is 29.3 Å². The van der Waals surface area contributed by atoms with Crippen LogP contribution in [0.4, 0.5) is 0 Å². The van der Waals surface area contributed by atoms with E-state index >= 15 is 0 Å². The predicted molar refractivity (Wildman–Crippen MR) is 112 cm³/mol. The summed E-state index contributed by atoms with van der Waals surface area (Å²) in [5, 5.41) is 0.991. The van der Waals surface area contributed by atoms with Gasteiger partial charge in [0, 0.05) is 10.9 Å². The number of nitrogens with zero attached hydrogens (tertiary/aromatic N) is 6. The minimum absolute atomic E-state index is 0.512. The van der Waals surface area contributed by atoms with Crippen molar-refractivity contribution in [3.05, 3.63) is 85.2 Å². The first kappa shape index (κ1) is 15.8. The van der Waals surface area contributed by atoms with E-state index in [0.717, 1.165) is 33.1 Å². The maximum absolute atomic E-state index is 4.90. The van der Waals surface area contributed by atoms with Crippen molar-refractivity contribution in [2.24, 2.45) is 0 Å². The molecule has 29 heavy (non-hydrogen) atoms. The van der Waals surface area contributed by atoms with E-state index in [1.54, 1.807) is 0 Å². The number of hydrogen-bond donors (Lipinski definition) is 0. The van der Waals surface area contributed by atoms with Crippen LogP contribution in [0.3, 0.4) is 0 Å². The van der Waals surface area contributed by atoms with E-state index in [0.29, 0.717) is 17.5 Å². The van der Waals surface area contributed by atoms with Gasteiger partial charge in [0.25, 0.3) is 0 Å². The molecule has 3 heterocycles. The Labute approximate surface area is 165 Å². The molecule has 0 aliphatic heterocycles. The Bertz CT molecular complexity index is 1500. The molecule has 6 nitrogen and oxygen atoms in total. The normalized spacial score (nSPS) is 11.4. The average molecular weight is 374 g/mol. The Hall–Kier alpha value is -4.19. The molecule has 3 aromatic carbocycles. The van der Waals surface area contributed by atoms with Crippen LogP contribution in [0.25, 0.3) is 50.6 Å². The fourth-order valence-corrected chi connectivity index (χ4v) is 3.63. The molecule has 0 atom stereocenters. The molecule has 0 saturated heterocycles. The van der Waals surface area contributed by atoms with Gasteiger partial charge in [0.1, 0.15) is 12.0 Å². The highest BCUT2D eigenvalue weighted by Gasteiger charge is 2.17. The van der Waals surface area contributed by atoms with Gasteiger partial charge in [0.15, 0.2) is 17.5 Å². The van der Waals surface area contributed by atoms with Gasteiger partial charge in [-0.05, 0) is 24.3 Å². The maximum Gasteiger partial charge on any atom is 0.199 e. The van der Waals surface area contributed by atoms with Gasteiger partial charge in [0.05, 0.1) is 16.6 Å². The molecule has 6 heteroatoms. The molecule has 0 amide bonds. The fraction of sp³-hybridized carbons (Fsp3) is 0. The Morgan fingerprint density at radius 2 is 1.31 bits per heavy atom. The topological polar surface area (TPSA) is 68.9 Å². The second-order valence-electron chi connectivity index (χ2n) is 6.71. The van der Waals surface area contributed by atoms with Gasteiger partial charge in [-0.3, -0.25) is 4.40 Å². The lowest BCUT2D eigenvalue weighted by Gasteiger charge is -2.08. The monoisotopic (exact) mass is 374 g/mol. The van der Waals surface area contributed by atoms with Gasteiger partial charge < -0.3 is 0 Å². The van der Waals surface area contributed by atoms with E-state index in [1.165, 1.54) is 6.33 Å². The van der Waals surface area contributed by atoms with Crippen LogP contribution in [0.15, 0.2) is 85.2 Å². The van der Waals surface area contributed by atoms with E-state index in [-0.39, 0.29) is 0 Å². The lowest BCUT2D eigenvalue weighted by atomic mass is 10.2. The van der Waals surface area contributed by atoms with Gasteiger partial charge in [-0.25, -0.2) is 24.9 Å². The number of aromatic nitrogens is 6. The van der Waals surface area contributed by atoms with Crippen molar-refractivity contribution < 1.29 is 0 Å². The molecule has 136 valence electrons. The molecule has 0 fully saturated rings. The lowest BCUT2D eigenvalue weighted by Crippen LogP contribution is -2.03. The van der Waals surface area contributed by atoms with Crippen LogP contribution in [0.2, 0.25) is 0 Å². The highest BCUT2D eigenvalue weighted by molar-refractivity contribution is 5.97. The summed E-state index contributed by atoms with van der Waals surface area (Å²) >= 11 is 0. The molecule has 6 rings (SSSR count). The summed E-state index contributed by atoms with van der Waals surface area (Å²) in [6.45, 7) is 0. The van der Waals surface area contributed by atoms with Gasteiger partial charge in [-0.2, -0.15) is 0 Å². The summed E-state index contributed by atoms with van der Waals surface area (Å²) in [5.74, 6) is 1.77. The predicted octanol–water partition coefficient (Wildman–Crippen LogP) is 4.55. The van der Waals surface area contributed by atoms with E-state index in [9.17, 15) is 0 Å². The van der Waals surface area contributed by atoms with Crippen molar-refractivity contribution >= 4 is 27.6 Å². The largest absolute Gasteiger partial charge is 0.273 e. The van der Waals surface area contributed by atoms with Crippen LogP contribution in [-0.2, 0) is 0 Å². The van der Waals surface area contributed by atoms with Crippen LogP contribution in [0.1, 0.15) is 0 Å². The molecule has 0 aliphatic carbocycles. The van der Waals surface area contributed by atoms with Crippen LogP contribution in [0.5, 0.6) is 0 Å². The summed E-state index contributed by atoms with van der Waals surface area (Å²) in [6, 6.07) is 25.9. The molecule has 0 N–H and O–H groups in total. The smallest absolute Gasteiger partial charge is 0.199 e. The Balaban J connectivity index is 1.71. The number of para-hydroxylation sites is 3. The molecular weight excluding hydrogens is 360 g/mol. The number of benzene rings is 3. The number of fused-ring (bicyclic) bond motifs is 5. The zero-order chi connectivity index (χ0) is 19.2. The van der Waals surface area contributed by atoms with E-state index in [1.807, 2.05) is 83.3 Å². The third-order valence-corrected chi connectivity index (χ3v) is 4.95. The van der Waals surface area contributed by atoms with E-state index < -0.39 is 0 Å². The first-order chi connectivity index (χ1) is 14.4. The Kier molecular flexibility index (Phi) is 3.37. The molecule has 0 aliphatic rings. The van der Waals surface area contributed by atoms with Crippen molar-refractivity contribution in [3.8, 4) is 23.0 Å². The first-order valence-electron chi connectivity index (χ1n) is 9.29. The summed E-state index contributed by atoms with van der Waals surface area (Å²) in [4.78, 5) is 23.3. The maximum atomic E-state index is 4.90. The second kappa shape index (κ2) is 6.17. The molecule has 3 aromatic heterocycles. The molecular formula is C23H14N6. The van der Waals surface area contributed by atoms with Gasteiger partial charge >= 0.3 is 0 Å². The lowest BCUT2D eigenvalue weighted by molar-refractivity contribution is 1.02. The highest BCUT2D eigenvalue weighted by Crippen LogP contribution is 2.28. The standard InChI is InChI=1S/C23H14N6/c1-2-8-15(9-3-1)20-24-14-25-21(28-20)23-26-17-11-5-4-10-16(17)22-27-18-12-6-7-13-19(18)29(22)23/h1-14H. The quantitative estimate of drug-likeness (QED) is 0.445. The number of hydrogen-bond acceptors (Lipinski definition) is 5. The SMILES string of the molecule is c1ccc(-c2ncnc(-c3nc4ccccc4c4nc5ccccc5n34)n2)cc1. The minimum atomic E-state index is 0.512. The first-order valence-corrected chi connectivity index (χ1v) is 9.29. The summed E-state index contributed by atoms with van der Waals surface area (Å²) in [5.41, 5.74) is 4.51. The van der Waals surface area contributed by atoms with Crippen LogP contribution < -0.4 is 0 Å². The van der Waals surface area contributed by atoms with E-state index in [2.05, 4.69) is 9.97 Å². The molecule has 6 aromatic rings. The van der Waals surface area contributed by atoms with Crippen LogP contribution in [0, 0.1) is 0 Å². The van der Waals surface area contributed by atoms with Crippen molar-refractivity contribution in [3.63, 3.8) is 0 Å². The van der Waals surface area contributed by atoms with Crippen molar-refractivity contribution in [1.29, 1.82) is 0 Å². The van der Waals surface area contributed by atoms with Gasteiger partial charge in [0.2, 0.25) is 0 Å². The molecule has 0 saturated carbocycles. The Morgan fingerprint density at radius 3 is 2.21 bits per heavy atom. The average Bonchev–Trinajstić information content (AvgIpc) is 3.19. The molecule has 0 unspecified atom stereocenters. The summed E-state index contributed by atoms with van der Waals surface area (Å²) in [6.07, 6.45) is 1.53. The van der Waals surface area contributed by atoms with Gasteiger partial charge in [-0.15, -0.1) is 0 Å². The van der Waals surface area contributed by atoms with Crippen molar-refractivity contribution in [2.45, 2.75) is 0 Å².